The molecule has 1 saturated heterocycles. The summed E-state index contributed by atoms with van der Waals surface area (Å²) in [7, 11) is 0. The highest BCUT2D eigenvalue weighted by molar-refractivity contribution is 5.96. The Bertz CT molecular complexity index is 382. The summed E-state index contributed by atoms with van der Waals surface area (Å²) >= 11 is 0. The van der Waals surface area contributed by atoms with Crippen LogP contribution in [0.4, 0.5) is 5.82 Å². The van der Waals surface area contributed by atoms with Crippen molar-refractivity contribution in [3.8, 4) is 0 Å². The van der Waals surface area contributed by atoms with E-state index in [1.807, 2.05) is 13.8 Å². The van der Waals surface area contributed by atoms with Crippen LogP contribution in [0.15, 0.2) is 4.63 Å². The number of hydrogen-bond donors (Lipinski definition) is 1. The first-order valence-corrected chi connectivity index (χ1v) is 5.10. The summed E-state index contributed by atoms with van der Waals surface area (Å²) < 4.78 is 9.94. The number of nitrogen functional groups attached to an aromatic ring is 1. The lowest BCUT2D eigenvalue weighted by Gasteiger charge is -2.34. The van der Waals surface area contributed by atoms with Crippen LogP contribution in [0.5, 0.6) is 0 Å². The maximum Gasteiger partial charge on any atom is 0.280 e. The minimum atomic E-state index is -0.263. The molecule has 1 aliphatic rings. The molecule has 16 heavy (non-hydrogen) atoms. The number of morpholine rings is 1. The third-order valence-electron chi connectivity index (χ3n) is 2.42. The standard InChI is InChI=1S/C9H14N4O3/c1-5-3-13(4-6(2)15-5)9(14)7-8(10)12-16-11-7/h5-6H,3-4H2,1-2H3,(H2,10,12)/t5-,6-/m1/s1. The lowest BCUT2D eigenvalue weighted by Crippen LogP contribution is -2.48. The SMILES string of the molecule is C[C@@H]1CN(C(=O)c2nonc2N)C[C@@H](C)O1. The van der Waals surface area contributed by atoms with Gasteiger partial charge in [0.2, 0.25) is 11.5 Å². The zero-order valence-electron chi connectivity index (χ0n) is 9.21. The van der Waals surface area contributed by atoms with Gasteiger partial charge in [-0.25, -0.2) is 4.63 Å². The molecule has 2 N–H and O–H groups in total. The normalized spacial score (nSPS) is 25.8. The van der Waals surface area contributed by atoms with Crippen LogP contribution < -0.4 is 5.73 Å². The van der Waals surface area contributed by atoms with Crippen molar-refractivity contribution < 1.29 is 14.2 Å². The summed E-state index contributed by atoms with van der Waals surface area (Å²) in [6, 6.07) is 0. The van der Waals surface area contributed by atoms with Crippen molar-refractivity contribution in [1.82, 2.24) is 15.2 Å². The Hall–Kier alpha value is -1.63. The predicted octanol–water partition coefficient (Wildman–Crippen LogP) is -0.0988. The zero-order chi connectivity index (χ0) is 11.7. The number of aromatic nitrogens is 2. The second-order valence-electron chi connectivity index (χ2n) is 3.97. The summed E-state index contributed by atoms with van der Waals surface area (Å²) in [5.41, 5.74) is 5.54. The molecule has 1 fully saturated rings. The van der Waals surface area contributed by atoms with E-state index in [1.54, 1.807) is 4.90 Å². The molecule has 2 heterocycles. The average Bonchev–Trinajstić information content (AvgIpc) is 2.62. The fourth-order valence-corrected chi connectivity index (χ4v) is 1.84. The molecule has 0 bridgehead atoms. The number of rotatable bonds is 1. The van der Waals surface area contributed by atoms with Crippen LogP contribution in [0.1, 0.15) is 24.3 Å². The van der Waals surface area contributed by atoms with E-state index in [0.29, 0.717) is 13.1 Å². The summed E-state index contributed by atoms with van der Waals surface area (Å²) in [4.78, 5) is 13.6. The van der Waals surface area contributed by atoms with Crippen molar-refractivity contribution in [3.63, 3.8) is 0 Å². The van der Waals surface area contributed by atoms with Crippen LogP contribution in [0.25, 0.3) is 0 Å². The molecule has 2 rings (SSSR count). The van der Waals surface area contributed by atoms with Gasteiger partial charge in [0.05, 0.1) is 12.2 Å². The average molecular weight is 226 g/mol. The van der Waals surface area contributed by atoms with Crippen LogP contribution in [0.2, 0.25) is 0 Å². The van der Waals surface area contributed by atoms with Crippen molar-refractivity contribution in [1.29, 1.82) is 0 Å². The topological polar surface area (TPSA) is 94.5 Å². The molecule has 0 aliphatic carbocycles. The van der Waals surface area contributed by atoms with E-state index in [0.717, 1.165) is 0 Å². The molecule has 0 spiro atoms. The molecule has 0 unspecified atom stereocenters. The van der Waals surface area contributed by atoms with Gasteiger partial charge in [-0.05, 0) is 24.2 Å². The third kappa shape index (κ3) is 1.99. The van der Waals surface area contributed by atoms with Gasteiger partial charge in [0.25, 0.3) is 5.91 Å². The molecule has 7 nitrogen and oxygen atoms in total. The molecule has 0 saturated carbocycles. The molecular formula is C9H14N4O3. The van der Waals surface area contributed by atoms with Crippen molar-refractivity contribution in [2.45, 2.75) is 26.1 Å². The monoisotopic (exact) mass is 226 g/mol. The summed E-state index contributed by atoms with van der Waals surface area (Å²) in [6.07, 6.45) is 0.0163. The maximum absolute atomic E-state index is 12.0. The largest absolute Gasteiger partial charge is 0.379 e. The van der Waals surface area contributed by atoms with E-state index in [4.69, 9.17) is 10.5 Å². The van der Waals surface area contributed by atoms with Gasteiger partial charge in [0.1, 0.15) is 0 Å². The van der Waals surface area contributed by atoms with Crippen LogP contribution in [-0.4, -0.2) is 46.4 Å². The Morgan fingerprint density at radius 1 is 1.38 bits per heavy atom. The van der Waals surface area contributed by atoms with Crippen molar-refractivity contribution in [3.05, 3.63) is 5.69 Å². The second kappa shape index (κ2) is 4.09. The van der Waals surface area contributed by atoms with Crippen molar-refractivity contribution >= 4 is 11.7 Å². The van der Waals surface area contributed by atoms with Gasteiger partial charge >= 0.3 is 0 Å². The number of carbonyl (C=O) groups is 1. The number of hydrogen-bond acceptors (Lipinski definition) is 6. The molecule has 1 aromatic heterocycles. The van der Waals surface area contributed by atoms with Crippen molar-refractivity contribution in [2.75, 3.05) is 18.8 Å². The van der Waals surface area contributed by atoms with Gasteiger partial charge in [-0.2, -0.15) is 0 Å². The highest BCUT2D eigenvalue weighted by atomic mass is 16.6. The second-order valence-corrected chi connectivity index (χ2v) is 3.97. The van der Waals surface area contributed by atoms with Crippen molar-refractivity contribution in [2.24, 2.45) is 0 Å². The van der Waals surface area contributed by atoms with Gasteiger partial charge in [-0.3, -0.25) is 4.79 Å². The Morgan fingerprint density at radius 3 is 2.50 bits per heavy atom. The first-order valence-electron chi connectivity index (χ1n) is 5.10. The Morgan fingerprint density at radius 2 is 2.00 bits per heavy atom. The fraction of sp³-hybridized carbons (Fsp3) is 0.667. The first-order chi connectivity index (χ1) is 7.58. The highest BCUT2D eigenvalue weighted by Gasteiger charge is 2.29. The Labute approximate surface area is 92.5 Å². The fourth-order valence-electron chi connectivity index (χ4n) is 1.84. The van der Waals surface area contributed by atoms with E-state index >= 15 is 0 Å². The molecular weight excluding hydrogens is 212 g/mol. The molecule has 7 heteroatoms. The smallest absolute Gasteiger partial charge is 0.280 e. The number of nitrogens with two attached hydrogens (primary N) is 1. The predicted molar refractivity (Wildman–Crippen MR) is 54.6 cm³/mol. The lowest BCUT2D eigenvalue weighted by molar-refractivity contribution is -0.0588. The molecule has 0 radical (unpaired) electrons. The number of anilines is 1. The zero-order valence-corrected chi connectivity index (χ0v) is 9.21. The third-order valence-corrected chi connectivity index (χ3v) is 2.42. The van der Waals surface area contributed by atoms with E-state index in [9.17, 15) is 4.79 Å². The number of amides is 1. The summed E-state index contributed by atoms with van der Waals surface area (Å²) in [5, 5.41) is 6.88. The quantitative estimate of drug-likeness (QED) is 0.718. The Kier molecular flexibility index (Phi) is 2.78. The van der Waals surface area contributed by atoms with E-state index in [2.05, 4.69) is 14.9 Å². The van der Waals surface area contributed by atoms with Crippen LogP contribution in [-0.2, 0) is 4.74 Å². The van der Waals surface area contributed by atoms with Gasteiger partial charge in [-0.1, -0.05) is 0 Å². The van der Waals surface area contributed by atoms with E-state index in [-0.39, 0.29) is 29.6 Å². The van der Waals surface area contributed by atoms with E-state index in [1.165, 1.54) is 0 Å². The van der Waals surface area contributed by atoms with E-state index < -0.39 is 0 Å². The minimum absolute atomic E-state index is 0.00813. The number of ether oxygens (including phenoxy) is 1. The van der Waals surface area contributed by atoms with Gasteiger partial charge in [0.15, 0.2) is 0 Å². The van der Waals surface area contributed by atoms with Gasteiger partial charge in [-0.15, -0.1) is 0 Å². The molecule has 1 amide bonds. The van der Waals surface area contributed by atoms with Crippen LogP contribution >= 0.6 is 0 Å². The lowest BCUT2D eigenvalue weighted by atomic mass is 10.2. The first kappa shape index (κ1) is 10.9. The Balaban J connectivity index is 2.13. The maximum atomic E-state index is 12.0. The molecule has 1 aromatic rings. The van der Waals surface area contributed by atoms with Crippen LogP contribution in [0, 0.1) is 0 Å². The minimum Gasteiger partial charge on any atom is -0.379 e. The van der Waals surface area contributed by atoms with Gasteiger partial charge in [0, 0.05) is 13.1 Å². The summed E-state index contributed by atoms with van der Waals surface area (Å²) in [5.74, 6) is -0.238. The molecule has 2 atom stereocenters. The number of nitrogens with zero attached hydrogens (tertiary/aromatic N) is 3. The molecule has 88 valence electrons. The molecule has 0 aromatic carbocycles. The summed E-state index contributed by atoms with van der Waals surface area (Å²) in [6.45, 7) is 4.88. The van der Waals surface area contributed by atoms with Crippen LogP contribution in [0.3, 0.4) is 0 Å². The molecule has 1 aliphatic heterocycles. The number of carbonyl (C=O) groups excluding carboxylic acids is 1. The van der Waals surface area contributed by atoms with Gasteiger partial charge < -0.3 is 15.4 Å². The highest BCUT2D eigenvalue weighted by Crippen LogP contribution is 2.15.